The van der Waals surface area contributed by atoms with Gasteiger partial charge in [-0.15, -0.1) is 0 Å². The van der Waals surface area contributed by atoms with Gasteiger partial charge in [-0.2, -0.15) is 0 Å². The highest BCUT2D eigenvalue weighted by molar-refractivity contribution is 5.54. The van der Waals surface area contributed by atoms with Crippen molar-refractivity contribution < 1.29 is 5.11 Å². The molecule has 0 bridgehead atoms. The molecule has 0 heterocycles. The number of benzene rings is 3. The summed E-state index contributed by atoms with van der Waals surface area (Å²) in [7, 11) is 0. The zero-order valence-electron chi connectivity index (χ0n) is 17.6. The highest BCUT2D eigenvalue weighted by Crippen LogP contribution is 2.45. The van der Waals surface area contributed by atoms with E-state index < -0.39 is 0 Å². The van der Waals surface area contributed by atoms with Gasteiger partial charge in [0, 0.05) is 23.0 Å². The first-order valence-electron chi connectivity index (χ1n) is 11.1. The molecule has 1 aliphatic carbocycles. The molecule has 3 aromatic carbocycles. The lowest BCUT2D eigenvalue weighted by atomic mass is 9.76. The summed E-state index contributed by atoms with van der Waals surface area (Å²) in [4.78, 5) is 0. The van der Waals surface area contributed by atoms with E-state index in [0.29, 0.717) is 11.7 Å². The van der Waals surface area contributed by atoms with E-state index in [9.17, 15) is 5.11 Å². The van der Waals surface area contributed by atoms with Crippen molar-refractivity contribution >= 4 is 0 Å². The molecule has 29 heavy (non-hydrogen) atoms. The number of phenols is 1. The van der Waals surface area contributed by atoms with E-state index in [4.69, 9.17) is 0 Å². The molecule has 0 radical (unpaired) electrons. The average Bonchev–Trinajstić information content (AvgIpc) is 2.79. The highest BCUT2D eigenvalue weighted by atomic mass is 16.3. The van der Waals surface area contributed by atoms with E-state index in [1.807, 2.05) is 6.07 Å². The normalized spacial score (nSPS) is 17.0. The van der Waals surface area contributed by atoms with Crippen LogP contribution >= 0.6 is 0 Å². The Balaban J connectivity index is 1.81. The molecule has 150 valence electrons. The summed E-state index contributed by atoms with van der Waals surface area (Å²) < 4.78 is 0. The third-order valence-electron chi connectivity index (χ3n) is 6.83. The second kappa shape index (κ2) is 8.86. The molecule has 0 saturated heterocycles. The van der Waals surface area contributed by atoms with Gasteiger partial charge >= 0.3 is 0 Å². The maximum atomic E-state index is 11.6. The highest BCUT2D eigenvalue weighted by Gasteiger charge is 2.27. The molecule has 1 saturated carbocycles. The summed E-state index contributed by atoms with van der Waals surface area (Å²) in [5.74, 6) is 1.41. The van der Waals surface area contributed by atoms with E-state index in [0.717, 1.165) is 11.1 Å². The van der Waals surface area contributed by atoms with Crippen LogP contribution in [0.3, 0.4) is 0 Å². The second-order valence-electron chi connectivity index (χ2n) is 8.61. The Bertz CT molecular complexity index is 923. The second-order valence-corrected chi connectivity index (χ2v) is 8.61. The number of aromatic hydroxyl groups is 1. The predicted molar refractivity (Wildman–Crippen MR) is 122 cm³/mol. The van der Waals surface area contributed by atoms with Gasteiger partial charge in [0.2, 0.25) is 0 Å². The first-order valence-corrected chi connectivity index (χ1v) is 11.1. The first kappa shape index (κ1) is 19.8. The molecule has 1 N–H and O–H groups in total. The summed E-state index contributed by atoms with van der Waals surface area (Å²) in [6.45, 7) is 4.44. The molecule has 1 nitrogen and oxygen atoms in total. The Labute approximate surface area is 175 Å². The van der Waals surface area contributed by atoms with Crippen molar-refractivity contribution in [3.05, 3.63) is 101 Å². The SMILES string of the molecule is CC(c1ccccc1)c1ccc(C2CCCCC2)c(C(C)c2ccccc2)c1O. The van der Waals surface area contributed by atoms with Crippen LogP contribution in [-0.2, 0) is 0 Å². The molecule has 0 spiro atoms. The Morgan fingerprint density at radius 3 is 1.83 bits per heavy atom. The molecule has 0 amide bonds. The van der Waals surface area contributed by atoms with Crippen LogP contribution in [0.15, 0.2) is 72.8 Å². The third-order valence-corrected chi connectivity index (χ3v) is 6.83. The Morgan fingerprint density at radius 2 is 1.24 bits per heavy atom. The van der Waals surface area contributed by atoms with Crippen molar-refractivity contribution in [2.75, 3.05) is 0 Å². The maximum absolute atomic E-state index is 11.6. The standard InChI is InChI=1S/C28H32O/c1-20(22-12-6-3-7-13-22)25-18-19-26(24-16-10-5-11-17-24)27(28(25)29)21(2)23-14-8-4-9-15-23/h3-4,6-9,12-15,18-21,24,29H,5,10-11,16-17H2,1-2H3. The summed E-state index contributed by atoms with van der Waals surface area (Å²) in [6.07, 6.45) is 6.41. The topological polar surface area (TPSA) is 20.2 Å². The van der Waals surface area contributed by atoms with E-state index in [-0.39, 0.29) is 11.8 Å². The van der Waals surface area contributed by atoms with Gasteiger partial charge in [-0.1, -0.05) is 106 Å². The van der Waals surface area contributed by atoms with Crippen molar-refractivity contribution in [1.82, 2.24) is 0 Å². The fourth-order valence-electron chi connectivity index (χ4n) is 5.04. The number of phenolic OH excluding ortho intramolecular Hbond substituents is 1. The lowest BCUT2D eigenvalue weighted by Gasteiger charge is -2.29. The molecular formula is C28H32O. The van der Waals surface area contributed by atoms with Crippen LogP contribution in [0.4, 0.5) is 0 Å². The van der Waals surface area contributed by atoms with Crippen molar-refractivity contribution in [3.63, 3.8) is 0 Å². The zero-order valence-corrected chi connectivity index (χ0v) is 17.6. The van der Waals surface area contributed by atoms with Crippen LogP contribution < -0.4 is 0 Å². The minimum Gasteiger partial charge on any atom is -0.507 e. The first-order chi connectivity index (χ1) is 14.2. The fraction of sp³-hybridized carbons (Fsp3) is 0.357. The van der Waals surface area contributed by atoms with Crippen molar-refractivity contribution in [2.24, 2.45) is 0 Å². The predicted octanol–water partition coefficient (Wildman–Crippen LogP) is 7.74. The molecule has 2 atom stereocenters. The van der Waals surface area contributed by atoms with Crippen LogP contribution in [0, 0.1) is 0 Å². The molecule has 0 aromatic heterocycles. The molecule has 0 aliphatic heterocycles. The largest absolute Gasteiger partial charge is 0.507 e. The fourth-order valence-corrected chi connectivity index (χ4v) is 5.04. The molecule has 1 aliphatic rings. The minimum absolute atomic E-state index is 0.165. The van der Waals surface area contributed by atoms with Crippen LogP contribution in [0.1, 0.15) is 91.5 Å². The zero-order chi connectivity index (χ0) is 20.2. The summed E-state index contributed by atoms with van der Waals surface area (Å²) in [6, 6.07) is 25.6. The number of rotatable bonds is 5. The smallest absolute Gasteiger partial charge is 0.123 e. The Morgan fingerprint density at radius 1 is 0.690 bits per heavy atom. The molecule has 1 fully saturated rings. The van der Waals surface area contributed by atoms with E-state index >= 15 is 0 Å². The summed E-state index contributed by atoms with van der Waals surface area (Å²) >= 11 is 0. The van der Waals surface area contributed by atoms with Gasteiger partial charge in [-0.3, -0.25) is 0 Å². The molecular weight excluding hydrogens is 352 g/mol. The van der Waals surface area contributed by atoms with Gasteiger partial charge in [0.1, 0.15) is 5.75 Å². The van der Waals surface area contributed by atoms with Gasteiger partial charge in [-0.25, -0.2) is 0 Å². The average molecular weight is 385 g/mol. The van der Waals surface area contributed by atoms with Crippen LogP contribution in [-0.4, -0.2) is 5.11 Å². The van der Waals surface area contributed by atoms with Gasteiger partial charge in [0.15, 0.2) is 0 Å². The Kier molecular flexibility index (Phi) is 6.04. The maximum Gasteiger partial charge on any atom is 0.123 e. The summed E-state index contributed by atoms with van der Waals surface area (Å²) in [5.41, 5.74) is 6.05. The number of hydrogen-bond acceptors (Lipinski definition) is 1. The van der Waals surface area contributed by atoms with Crippen LogP contribution in [0.5, 0.6) is 5.75 Å². The van der Waals surface area contributed by atoms with Crippen LogP contribution in [0.2, 0.25) is 0 Å². The minimum atomic E-state index is 0.165. The van der Waals surface area contributed by atoms with Crippen molar-refractivity contribution in [2.45, 2.75) is 63.7 Å². The molecule has 1 heteroatoms. The molecule has 3 aromatic rings. The monoisotopic (exact) mass is 384 g/mol. The number of hydrogen-bond donors (Lipinski definition) is 1. The molecule has 2 unspecified atom stereocenters. The lowest BCUT2D eigenvalue weighted by Crippen LogP contribution is -2.11. The Hall–Kier alpha value is -2.54. The van der Waals surface area contributed by atoms with Crippen molar-refractivity contribution in [1.29, 1.82) is 0 Å². The lowest BCUT2D eigenvalue weighted by molar-refractivity contribution is 0.428. The van der Waals surface area contributed by atoms with Gasteiger partial charge in [0.25, 0.3) is 0 Å². The van der Waals surface area contributed by atoms with E-state index in [2.05, 4.69) is 80.6 Å². The van der Waals surface area contributed by atoms with Gasteiger partial charge in [-0.05, 0) is 35.4 Å². The quantitative estimate of drug-likeness (QED) is 0.477. The van der Waals surface area contributed by atoms with E-state index in [1.165, 1.54) is 48.8 Å². The third kappa shape index (κ3) is 4.10. The van der Waals surface area contributed by atoms with Gasteiger partial charge < -0.3 is 5.11 Å². The van der Waals surface area contributed by atoms with Crippen LogP contribution in [0.25, 0.3) is 0 Å². The summed E-state index contributed by atoms with van der Waals surface area (Å²) in [5, 5.41) is 11.6. The van der Waals surface area contributed by atoms with Gasteiger partial charge in [0.05, 0.1) is 0 Å². The van der Waals surface area contributed by atoms with E-state index in [1.54, 1.807) is 0 Å². The molecule has 4 rings (SSSR count). The van der Waals surface area contributed by atoms with Crippen molar-refractivity contribution in [3.8, 4) is 5.75 Å².